The first-order chi connectivity index (χ1) is 6.06. The molecule has 0 heterocycles. The Balaban J connectivity index is 3.51. The van der Waals surface area contributed by atoms with E-state index in [1.807, 2.05) is 0 Å². The van der Waals surface area contributed by atoms with E-state index in [1.54, 1.807) is 0 Å². The van der Waals surface area contributed by atoms with Crippen molar-refractivity contribution < 1.29 is 0 Å². The maximum atomic E-state index is 3.50. The van der Waals surface area contributed by atoms with Gasteiger partial charge >= 0.3 is 0 Å². The Labute approximate surface area is 83.6 Å². The highest BCUT2D eigenvalue weighted by atomic mass is 14.9. The van der Waals surface area contributed by atoms with Crippen LogP contribution in [0.1, 0.15) is 47.5 Å². The summed E-state index contributed by atoms with van der Waals surface area (Å²) in [4.78, 5) is 0. The molecule has 0 aliphatic rings. The third-order valence-electron chi connectivity index (χ3n) is 2.43. The van der Waals surface area contributed by atoms with Crippen LogP contribution in [0.2, 0.25) is 0 Å². The van der Waals surface area contributed by atoms with Crippen molar-refractivity contribution in [3.63, 3.8) is 0 Å². The molecule has 0 bridgehead atoms. The van der Waals surface area contributed by atoms with Gasteiger partial charge in [-0.25, -0.2) is 0 Å². The quantitative estimate of drug-likeness (QED) is 0.623. The van der Waals surface area contributed by atoms with E-state index in [2.05, 4.69) is 46.0 Å². The monoisotopic (exact) mass is 183 g/mol. The maximum absolute atomic E-state index is 3.50. The SMILES string of the molecule is CCC(C)CC(C)NCC=C(C)C. The van der Waals surface area contributed by atoms with Gasteiger partial charge in [0.15, 0.2) is 0 Å². The average molecular weight is 183 g/mol. The Hall–Kier alpha value is -0.300. The van der Waals surface area contributed by atoms with Crippen molar-refractivity contribution in [2.24, 2.45) is 5.92 Å². The zero-order valence-corrected chi connectivity index (χ0v) is 9.85. The molecule has 0 rings (SSSR count). The molecule has 0 aliphatic heterocycles. The van der Waals surface area contributed by atoms with Gasteiger partial charge in [0, 0.05) is 12.6 Å². The Kier molecular flexibility index (Phi) is 6.97. The van der Waals surface area contributed by atoms with Crippen molar-refractivity contribution in [1.29, 1.82) is 0 Å². The normalized spacial score (nSPS) is 15.2. The predicted molar refractivity (Wildman–Crippen MR) is 61.0 cm³/mol. The molecule has 0 fully saturated rings. The van der Waals surface area contributed by atoms with Gasteiger partial charge in [0.2, 0.25) is 0 Å². The molecule has 0 aliphatic carbocycles. The van der Waals surface area contributed by atoms with E-state index < -0.39 is 0 Å². The van der Waals surface area contributed by atoms with Gasteiger partial charge in [-0.3, -0.25) is 0 Å². The van der Waals surface area contributed by atoms with Crippen molar-refractivity contribution in [1.82, 2.24) is 5.32 Å². The van der Waals surface area contributed by atoms with Crippen LogP contribution in [0.15, 0.2) is 11.6 Å². The lowest BCUT2D eigenvalue weighted by atomic mass is 10.0. The van der Waals surface area contributed by atoms with Gasteiger partial charge in [-0.1, -0.05) is 31.9 Å². The molecule has 2 atom stereocenters. The summed E-state index contributed by atoms with van der Waals surface area (Å²) in [6.45, 7) is 12.1. The smallest absolute Gasteiger partial charge is 0.0139 e. The van der Waals surface area contributed by atoms with Crippen LogP contribution < -0.4 is 5.32 Å². The second-order valence-corrected chi connectivity index (χ2v) is 4.34. The van der Waals surface area contributed by atoms with E-state index >= 15 is 0 Å². The first-order valence-electron chi connectivity index (χ1n) is 5.43. The minimum absolute atomic E-state index is 0.644. The zero-order valence-electron chi connectivity index (χ0n) is 9.85. The molecule has 0 aromatic heterocycles. The highest BCUT2D eigenvalue weighted by Crippen LogP contribution is 2.08. The second-order valence-electron chi connectivity index (χ2n) is 4.34. The molecule has 13 heavy (non-hydrogen) atoms. The Bertz CT molecular complexity index is 145. The van der Waals surface area contributed by atoms with Gasteiger partial charge in [0.05, 0.1) is 0 Å². The first kappa shape index (κ1) is 12.7. The summed E-state index contributed by atoms with van der Waals surface area (Å²) in [6, 6.07) is 0.644. The summed E-state index contributed by atoms with van der Waals surface area (Å²) < 4.78 is 0. The molecule has 78 valence electrons. The fraction of sp³-hybridized carbons (Fsp3) is 0.833. The maximum Gasteiger partial charge on any atom is 0.0139 e. The number of nitrogens with one attached hydrogen (secondary N) is 1. The summed E-state index contributed by atoms with van der Waals surface area (Å²) in [5.41, 5.74) is 1.39. The molecule has 1 heteroatoms. The van der Waals surface area contributed by atoms with Crippen LogP contribution in [0.25, 0.3) is 0 Å². The summed E-state index contributed by atoms with van der Waals surface area (Å²) in [6.07, 6.45) is 4.81. The van der Waals surface area contributed by atoms with Crippen LogP contribution in [0, 0.1) is 5.92 Å². The topological polar surface area (TPSA) is 12.0 Å². The molecule has 0 aromatic carbocycles. The summed E-state index contributed by atoms with van der Waals surface area (Å²) >= 11 is 0. The summed E-state index contributed by atoms with van der Waals surface area (Å²) in [5.74, 6) is 0.842. The molecule has 1 N–H and O–H groups in total. The molecule has 1 nitrogen and oxygen atoms in total. The molecular formula is C12H25N. The fourth-order valence-electron chi connectivity index (χ4n) is 1.32. The van der Waals surface area contributed by atoms with Gasteiger partial charge in [0.25, 0.3) is 0 Å². The van der Waals surface area contributed by atoms with E-state index in [0.717, 1.165) is 12.5 Å². The zero-order chi connectivity index (χ0) is 10.3. The van der Waals surface area contributed by atoms with Gasteiger partial charge in [-0.05, 0) is 33.1 Å². The lowest BCUT2D eigenvalue weighted by Crippen LogP contribution is -2.27. The summed E-state index contributed by atoms with van der Waals surface area (Å²) in [7, 11) is 0. The third-order valence-corrected chi connectivity index (χ3v) is 2.43. The van der Waals surface area contributed by atoms with Crippen molar-refractivity contribution in [2.45, 2.75) is 53.5 Å². The van der Waals surface area contributed by atoms with Gasteiger partial charge in [-0.2, -0.15) is 0 Å². The van der Waals surface area contributed by atoms with Crippen LogP contribution in [-0.2, 0) is 0 Å². The molecule has 2 unspecified atom stereocenters. The summed E-state index contributed by atoms with van der Waals surface area (Å²) in [5, 5.41) is 3.50. The predicted octanol–water partition coefficient (Wildman–Crippen LogP) is 3.37. The number of hydrogen-bond donors (Lipinski definition) is 1. The van der Waals surface area contributed by atoms with E-state index in [-0.39, 0.29) is 0 Å². The van der Waals surface area contributed by atoms with Crippen LogP contribution in [0.3, 0.4) is 0 Å². The number of hydrogen-bond acceptors (Lipinski definition) is 1. The molecule has 0 radical (unpaired) electrons. The number of rotatable bonds is 6. The lowest BCUT2D eigenvalue weighted by Gasteiger charge is -2.16. The number of allylic oxidation sites excluding steroid dienone is 1. The molecule has 0 saturated heterocycles. The van der Waals surface area contributed by atoms with Crippen molar-refractivity contribution >= 4 is 0 Å². The average Bonchev–Trinajstić information content (AvgIpc) is 2.03. The van der Waals surface area contributed by atoms with Crippen molar-refractivity contribution in [3.8, 4) is 0 Å². The Morgan fingerprint density at radius 3 is 2.38 bits per heavy atom. The largest absolute Gasteiger partial charge is 0.311 e. The van der Waals surface area contributed by atoms with E-state index in [1.165, 1.54) is 18.4 Å². The Morgan fingerprint density at radius 2 is 1.92 bits per heavy atom. The minimum atomic E-state index is 0.644. The third kappa shape index (κ3) is 8.04. The van der Waals surface area contributed by atoms with E-state index in [0.29, 0.717) is 6.04 Å². The highest BCUT2D eigenvalue weighted by Gasteiger charge is 2.04. The molecule has 0 aromatic rings. The van der Waals surface area contributed by atoms with Gasteiger partial charge < -0.3 is 5.32 Å². The first-order valence-corrected chi connectivity index (χ1v) is 5.43. The molecule has 0 spiro atoms. The van der Waals surface area contributed by atoms with E-state index in [9.17, 15) is 0 Å². The molecule has 0 saturated carbocycles. The van der Waals surface area contributed by atoms with Gasteiger partial charge in [0.1, 0.15) is 0 Å². The fourth-order valence-corrected chi connectivity index (χ4v) is 1.32. The van der Waals surface area contributed by atoms with Gasteiger partial charge in [-0.15, -0.1) is 0 Å². The van der Waals surface area contributed by atoms with E-state index in [4.69, 9.17) is 0 Å². The van der Waals surface area contributed by atoms with Crippen LogP contribution in [-0.4, -0.2) is 12.6 Å². The van der Waals surface area contributed by atoms with Crippen LogP contribution in [0.5, 0.6) is 0 Å². The Morgan fingerprint density at radius 1 is 1.31 bits per heavy atom. The highest BCUT2D eigenvalue weighted by molar-refractivity contribution is 4.94. The lowest BCUT2D eigenvalue weighted by molar-refractivity contribution is 0.424. The minimum Gasteiger partial charge on any atom is -0.311 e. The van der Waals surface area contributed by atoms with Crippen molar-refractivity contribution in [3.05, 3.63) is 11.6 Å². The van der Waals surface area contributed by atoms with Crippen LogP contribution in [0.4, 0.5) is 0 Å². The molecule has 0 amide bonds. The van der Waals surface area contributed by atoms with Crippen LogP contribution >= 0.6 is 0 Å². The standard InChI is InChI=1S/C12H25N/c1-6-11(4)9-12(5)13-8-7-10(2)3/h7,11-13H,6,8-9H2,1-5H3. The second kappa shape index (κ2) is 7.14. The molecular weight excluding hydrogens is 158 g/mol. The van der Waals surface area contributed by atoms with Crippen molar-refractivity contribution in [2.75, 3.05) is 6.54 Å².